The summed E-state index contributed by atoms with van der Waals surface area (Å²) in [5, 5.41) is 0. The van der Waals surface area contributed by atoms with E-state index in [4.69, 9.17) is 10.5 Å². The van der Waals surface area contributed by atoms with Crippen molar-refractivity contribution >= 4 is 23.5 Å². The van der Waals surface area contributed by atoms with Crippen molar-refractivity contribution in [2.75, 3.05) is 24.4 Å². The fourth-order valence-corrected chi connectivity index (χ4v) is 3.35. The van der Waals surface area contributed by atoms with Crippen LogP contribution in [0.2, 0.25) is 0 Å². The second-order valence-corrected chi connectivity index (χ2v) is 7.50. The van der Waals surface area contributed by atoms with Crippen LogP contribution in [0.5, 0.6) is 0 Å². The Labute approximate surface area is 198 Å². The number of halogens is 3. The number of rotatable bonds is 8. The van der Waals surface area contributed by atoms with Crippen LogP contribution in [-0.4, -0.2) is 29.2 Å². The molecule has 3 aromatic rings. The molecule has 2 aromatic carbocycles. The molecule has 0 bridgehead atoms. The Bertz CT molecular complexity index is 1330. The molecule has 0 spiro atoms. The lowest BCUT2D eigenvalue weighted by molar-refractivity contribution is -0.137. The van der Waals surface area contributed by atoms with Crippen molar-refractivity contribution in [1.29, 1.82) is 0 Å². The zero-order chi connectivity index (χ0) is 25.6. The molecule has 1 amide bonds. The minimum atomic E-state index is -4.54. The van der Waals surface area contributed by atoms with E-state index >= 15 is 0 Å². The lowest BCUT2D eigenvalue weighted by atomic mass is 10.1. The van der Waals surface area contributed by atoms with Crippen LogP contribution >= 0.6 is 0 Å². The molecule has 0 saturated heterocycles. The average Bonchev–Trinajstić information content (AvgIpc) is 2.82. The number of nitrogens with zero attached hydrogens (tertiary/aromatic N) is 2. The number of aromatic amines is 1. The summed E-state index contributed by atoms with van der Waals surface area (Å²) in [6.45, 7) is 0.0679. The summed E-state index contributed by atoms with van der Waals surface area (Å²) in [7, 11) is 1.43. The molecule has 184 valence electrons. The second kappa shape index (κ2) is 10.9. The van der Waals surface area contributed by atoms with Gasteiger partial charge in [-0.1, -0.05) is 42.5 Å². The molecule has 0 atom stereocenters. The third kappa shape index (κ3) is 6.27. The van der Waals surface area contributed by atoms with Crippen LogP contribution < -0.4 is 21.9 Å². The molecule has 0 radical (unpaired) electrons. The number of hydrogen-bond acceptors (Lipinski definition) is 5. The summed E-state index contributed by atoms with van der Waals surface area (Å²) < 4.78 is 45.1. The largest absolute Gasteiger partial charge is 0.416 e. The Morgan fingerprint density at radius 3 is 2.51 bits per heavy atom. The predicted molar refractivity (Wildman–Crippen MR) is 126 cm³/mol. The lowest BCUT2D eigenvalue weighted by Crippen LogP contribution is -2.40. The Kier molecular flexibility index (Phi) is 7.92. The molecule has 1 heterocycles. The number of alkyl halides is 3. The van der Waals surface area contributed by atoms with E-state index in [-0.39, 0.29) is 36.8 Å². The van der Waals surface area contributed by atoms with E-state index in [1.54, 1.807) is 30.3 Å². The molecule has 8 nitrogen and oxygen atoms in total. The zero-order valence-corrected chi connectivity index (χ0v) is 18.7. The number of nitrogens with two attached hydrogens (primary N) is 1. The van der Waals surface area contributed by atoms with Gasteiger partial charge in [-0.15, -0.1) is 0 Å². The van der Waals surface area contributed by atoms with Crippen LogP contribution in [0.3, 0.4) is 0 Å². The minimum absolute atomic E-state index is 0.0262. The number of benzene rings is 2. The third-order valence-corrected chi connectivity index (χ3v) is 5.08. The van der Waals surface area contributed by atoms with E-state index < -0.39 is 28.9 Å². The van der Waals surface area contributed by atoms with Gasteiger partial charge >= 0.3 is 11.9 Å². The summed E-state index contributed by atoms with van der Waals surface area (Å²) in [6.07, 6.45) is -2.28. The second-order valence-electron chi connectivity index (χ2n) is 7.50. The molecule has 0 aliphatic carbocycles. The number of hydrogen-bond donors (Lipinski definition) is 2. The number of ether oxygens (including phenoxy) is 1. The van der Waals surface area contributed by atoms with Gasteiger partial charge in [0.15, 0.2) is 5.69 Å². The van der Waals surface area contributed by atoms with E-state index in [9.17, 15) is 27.6 Å². The number of nitrogens with one attached hydrogen (secondary N) is 1. The molecule has 0 aliphatic rings. The van der Waals surface area contributed by atoms with Crippen molar-refractivity contribution in [3.05, 3.63) is 98.2 Å². The highest BCUT2D eigenvalue weighted by Crippen LogP contribution is 2.30. The summed E-state index contributed by atoms with van der Waals surface area (Å²) in [5.74, 6) is -0.965. The third-order valence-electron chi connectivity index (χ3n) is 5.08. The molecular weight excluding hydrogens is 465 g/mol. The van der Waals surface area contributed by atoms with Gasteiger partial charge in [0, 0.05) is 13.2 Å². The quantitative estimate of drug-likeness (QED) is 0.474. The van der Waals surface area contributed by atoms with Crippen molar-refractivity contribution in [2.24, 2.45) is 0 Å². The van der Waals surface area contributed by atoms with Gasteiger partial charge in [-0.05, 0) is 29.3 Å². The maximum absolute atomic E-state index is 13.2. The predicted octanol–water partition coefficient (Wildman–Crippen LogP) is 3.03. The molecule has 35 heavy (non-hydrogen) atoms. The van der Waals surface area contributed by atoms with Gasteiger partial charge in [-0.2, -0.15) is 13.2 Å². The molecule has 0 aliphatic heterocycles. The molecule has 0 unspecified atom stereocenters. The first kappa shape index (κ1) is 25.5. The first-order valence-corrected chi connectivity index (χ1v) is 10.4. The van der Waals surface area contributed by atoms with Gasteiger partial charge in [-0.3, -0.25) is 24.0 Å². The van der Waals surface area contributed by atoms with Crippen molar-refractivity contribution in [1.82, 2.24) is 9.55 Å². The molecule has 0 saturated carbocycles. The summed E-state index contributed by atoms with van der Waals surface area (Å²) >= 11 is 0. The lowest BCUT2D eigenvalue weighted by Gasteiger charge is -2.23. The summed E-state index contributed by atoms with van der Waals surface area (Å²) in [4.78, 5) is 41.4. The minimum Gasteiger partial charge on any atom is -0.383 e. The first-order valence-electron chi connectivity index (χ1n) is 10.4. The van der Waals surface area contributed by atoms with Crippen molar-refractivity contribution in [2.45, 2.75) is 19.3 Å². The Hall–Kier alpha value is -4.12. The van der Waals surface area contributed by atoms with E-state index in [0.717, 1.165) is 27.7 Å². The summed E-state index contributed by atoms with van der Waals surface area (Å²) in [6, 6.07) is 13.2. The van der Waals surface area contributed by atoms with Crippen LogP contribution in [0.25, 0.3) is 6.08 Å². The molecular formula is C24H23F3N4O4. The van der Waals surface area contributed by atoms with Gasteiger partial charge in [0.25, 0.3) is 11.5 Å². The number of carbonyl (C=O) groups excluding carboxylic acids is 1. The number of nitrogen functional groups attached to an aromatic ring is 1. The highest BCUT2D eigenvalue weighted by atomic mass is 19.4. The molecule has 11 heteroatoms. The van der Waals surface area contributed by atoms with E-state index in [1.807, 2.05) is 0 Å². The van der Waals surface area contributed by atoms with Crippen molar-refractivity contribution in [3.63, 3.8) is 0 Å². The SMILES string of the molecule is COCCn1c(N)c(N(Cc2ccccc2)C(=O)/C=C/c2cccc(C(F)(F)F)c2)c(=O)[nH]c1=O. The van der Waals surface area contributed by atoms with Gasteiger partial charge in [-0.25, -0.2) is 4.79 Å². The van der Waals surface area contributed by atoms with Gasteiger partial charge in [0.1, 0.15) is 5.82 Å². The van der Waals surface area contributed by atoms with Crippen LogP contribution in [0.4, 0.5) is 24.7 Å². The van der Waals surface area contributed by atoms with Crippen LogP contribution in [0.1, 0.15) is 16.7 Å². The van der Waals surface area contributed by atoms with Crippen LogP contribution in [0, 0.1) is 0 Å². The monoisotopic (exact) mass is 488 g/mol. The van der Waals surface area contributed by atoms with E-state index in [1.165, 1.54) is 25.3 Å². The topological polar surface area (TPSA) is 110 Å². The first-order chi connectivity index (χ1) is 16.6. The molecule has 1 aromatic heterocycles. The number of H-pyrrole nitrogens is 1. The smallest absolute Gasteiger partial charge is 0.383 e. The van der Waals surface area contributed by atoms with Crippen LogP contribution in [0.15, 0.2) is 70.3 Å². The standard InChI is InChI=1S/C24H23F3N4O4/c1-35-13-12-30-21(28)20(22(33)29-23(30)34)31(15-17-6-3-2-4-7-17)19(32)11-10-16-8-5-9-18(14-16)24(25,26)27/h2-11,14H,12-13,15,28H2,1H3,(H,29,33,34)/b11-10+. The number of aromatic nitrogens is 2. The fraction of sp³-hybridized carbons (Fsp3) is 0.208. The summed E-state index contributed by atoms with van der Waals surface area (Å²) in [5.41, 5.74) is 4.17. The number of anilines is 2. The van der Waals surface area contributed by atoms with Crippen molar-refractivity contribution in [3.8, 4) is 0 Å². The normalized spacial score (nSPS) is 11.7. The fourth-order valence-electron chi connectivity index (χ4n) is 3.35. The average molecular weight is 488 g/mol. The van der Waals surface area contributed by atoms with Gasteiger partial charge in [0.05, 0.1) is 25.3 Å². The van der Waals surface area contributed by atoms with E-state index in [0.29, 0.717) is 5.56 Å². The highest BCUT2D eigenvalue weighted by Gasteiger charge is 2.30. The Morgan fingerprint density at radius 2 is 1.86 bits per heavy atom. The van der Waals surface area contributed by atoms with Gasteiger partial charge < -0.3 is 10.5 Å². The molecule has 3 rings (SSSR count). The number of carbonyl (C=O) groups is 1. The highest BCUT2D eigenvalue weighted by molar-refractivity contribution is 6.05. The number of methoxy groups -OCH3 is 1. The molecule has 0 fully saturated rings. The zero-order valence-electron chi connectivity index (χ0n) is 18.7. The van der Waals surface area contributed by atoms with Gasteiger partial charge in [0.2, 0.25) is 0 Å². The van der Waals surface area contributed by atoms with Crippen molar-refractivity contribution < 1.29 is 22.7 Å². The number of amides is 1. The Balaban J connectivity index is 2.05. The molecule has 3 N–H and O–H groups in total. The van der Waals surface area contributed by atoms with Crippen LogP contribution in [-0.2, 0) is 28.8 Å². The Morgan fingerprint density at radius 1 is 1.14 bits per heavy atom. The maximum atomic E-state index is 13.2. The maximum Gasteiger partial charge on any atom is 0.416 e. The van der Waals surface area contributed by atoms with E-state index in [2.05, 4.69) is 4.98 Å².